The lowest BCUT2D eigenvalue weighted by Gasteiger charge is -2.28. The third-order valence-corrected chi connectivity index (χ3v) is 4.97. The van der Waals surface area contributed by atoms with Crippen LogP contribution in [0.3, 0.4) is 0 Å². The average molecular weight is 229 g/mol. The highest BCUT2D eigenvalue weighted by Gasteiger charge is 2.20. The van der Waals surface area contributed by atoms with E-state index in [-0.39, 0.29) is 0 Å². The molecule has 15 heavy (non-hydrogen) atoms. The van der Waals surface area contributed by atoms with Crippen LogP contribution in [0.2, 0.25) is 0 Å². The minimum Gasteiger partial charge on any atom is -0.328 e. The highest BCUT2D eigenvalue weighted by molar-refractivity contribution is 8.00. The number of hydrogen-bond donors (Lipinski definition) is 1. The summed E-state index contributed by atoms with van der Waals surface area (Å²) in [5.41, 5.74) is 5.78. The summed E-state index contributed by atoms with van der Waals surface area (Å²) in [5, 5.41) is 1.73. The predicted molar refractivity (Wildman–Crippen MR) is 71.4 cm³/mol. The van der Waals surface area contributed by atoms with Gasteiger partial charge in [-0.1, -0.05) is 13.8 Å². The molecule has 1 fully saturated rings. The Balaban J connectivity index is 2.12. The molecule has 1 saturated carbocycles. The molecular weight excluding hydrogens is 202 g/mol. The molecule has 90 valence electrons. The van der Waals surface area contributed by atoms with Crippen molar-refractivity contribution in [1.82, 2.24) is 0 Å². The minimum absolute atomic E-state index is 0.374. The lowest BCUT2D eigenvalue weighted by molar-refractivity contribution is 0.392. The summed E-state index contributed by atoms with van der Waals surface area (Å²) in [6.45, 7) is 6.87. The van der Waals surface area contributed by atoms with E-state index in [9.17, 15) is 0 Å². The zero-order chi connectivity index (χ0) is 11.3. The quantitative estimate of drug-likeness (QED) is 0.775. The topological polar surface area (TPSA) is 26.0 Å². The van der Waals surface area contributed by atoms with Crippen LogP contribution in [0.1, 0.15) is 59.3 Å². The molecule has 0 bridgehead atoms. The summed E-state index contributed by atoms with van der Waals surface area (Å²) in [5.74, 6) is 0.973. The van der Waals surface area contributed by atoms with Crippen molar-refractivity contribution in [2.45, 2.75) is 75.8 Å². The van der Waals surface area contributed by atoms with Gasteiger partial charge in [0.05, 0.1) is 0 Å². The lowest BCUT2D eigenvalue weighted by Crippen LogP contribution is -2.19. The van der Waals surface area contributed by atoms with Gasteiger partial charge in [0.15, 0.2) is 0 Å². The van der Waals surface area contributed by atoms with Gasteiger partial charge >= 0.3 is 0 Å². The van der Waals surface area contributed by atoms with Gasteiger partial charge in [0.1, 0.15) is 0 Å². The lowest BCUT2D eigenvalue weighted by atomic mass is 9.91. The molecule has 0 spiro atoms. The van der Waals surface area contributed by atoms with E-state index in [4.69, 9.17) is 5.73 Å². The molecule has 0 aliphatic heterocycles. The zero-order valence-electron chi connectivity index (χ0n) is 10.5. The third kappa shape index (κ3) is 5.82. The average Bonchev–Trinajstić information content (AvgIpc) is 2.19. The first kappa shape index (κ1) is 13.4. The molecule has 1 aliphatic carbocycles. The van der Waals surface area contributed by atoms with Gasteiger partial charge in [0.2, 0.25) is 0 Å². The molecular formula is C13H27NS. The highest BCUT2D eigenvalue weighted by Crippen LogP contribution is 2.34. The number of nitrogens with two attached hydrogens (primary N) is 1. The van der Waals surface area contributed by atoms with Crippen molar-refractivity contribution in [2.75, 3.05) is 0 Å². The fraction of sp³-hybridized carbons (Fsp3) is 1.00. The van der Waals surface area contributed by atoms with E-state index in [2.05, 4.69) is 32.5 Å². The SMILES string of the molecule is CC(N)CCC(C)SC1CCC(C)CC1. The van der Waals surface area contributed by atoms with E-state index in [1.54, 1.807) is 0 Å². The second-order valence-electron chi connectivity index (χ2n) is 5.38. The van der Waals surface area contributed by atoms with Crippen LogP contribution in [-0.4, -0.2) is 16.5 Å². The largest absolute Gasteiger partial charge is 0.328 e. The summed E-state index contributed by atoms with van der Waals surface area (Å²) < 4.78 is 0. The van der Waals surface area contributed by atoms with Crippen LogP contribution >= 0.6 is 11.8 Å². The van der Waals surface area contributed by atoms with Crippen LogP contribution in [0.15, 0.2) is 0 Å². The van der Waals surface area contributed by atoms with Gasteiger partial charge in [-0.15, -0.1) is 0 Å². The Bertz CT molecular complexity index is 162. The molecule has 2 heteroatoms. The Morgan fingerprint density at radius 1 is 1.13 bits per heavy atom. The van der Waals surface area contributed by atoms with Gasteiger partial charge in [-0.25, -0.2) is 0 Å². The van der Waals surface area contributed by atoms with Crippen LogP contribution in [0, 0.1) is 5.92 Å². The van der Waals surface area contributed by atoms with Gasteiger partial charge in [0, 0.05) is 16.5 Å². The van der Waals surface area contributed by atoms with E-state index < -0.39 is 0 Å². The maximum absolute atomic E-state index is 5.78. The Morgan fingerprint density at radius 3 is 2.27 bits per heavy atom. The van der Waals surface area contributed by atoms with E-state index in [0.29, 0.717) is 6.04 Å². The second-order valence-corrected chi connectivity index (χ2v) is 7.13. The molecule has 0 radical (unpaired) electrons. The van der Waals surface area contributed by atoms with E-state index in [1.165, 1.54) is 38.5 Å². The maximum Gasteiger partial charge on any atom is 0.00499 e. The van der Waals surface area contributed by atoms with Gasteiger partial charge in [-0.2, -0.15) is 11.8 Å². The summed E-state index contributed by atoms with van der Waals surface area (Å²) >= 11 is 2.21. The molecule has 0 aromatic rings. The Hall–Kier alpha value is 0.310. The third-order valence-electron chi connectivity index (χ3n) is 3.42. The van der Waals surface area contributed by atoms with Crippen molar-refractivity contribution < 1.29 is 0 Å². The van der Waals surface area contributed by atoms with Crippen molar-refractivity contribution in [3.05, 3.63) is 0 Å². The maximum atomic E-state index is 5.78. The molecule has 0 aromatic heterocycles. The molecule has 0 saturated heterocycles. The zero-order valence-corrected chi connectivity index (χ0v) is 11.4. The van der Waals surface area contributed by atoms with Crippen molar-refractivity contribution in [3.8, 4) is 0 Å². The Kier molecular flexibility index (Phi) is 6.06. The molecule has 0 aromatic carbocycles. The van der Waals surface area contributed by atoms with E-state index in [1.807, 2.05) is 0 Å². The summed E-state index contributed by atoms with van der Waals surface area (Å²) in [4.78, 5) is 0. The first-order chi connectivity index (χ1) is 7.08. The van der Waals surface area contributed by atoms with Crippen molar-refractivity contribution in [1.29, 1.82) is 0 Å². The first-order valence-corrected chi connectivity index (χ1v) is 7.43. The predicted octanol–water partition coefficient (Wildman–Crippen LogP) is 3.81. The fourth-order valence-corrected chi connectivity index (χ4v) is 3.73. The van der Waals surface area contributed by atoms with Crippen molar-refractivity contribution in [3.63, 3.8) is 0 Å². The molecule has 0 heterocycles. The van der Waals surface area contributed by atoms with E-state index in [0.717, 1.165) is 16.4 Å². The molecule has 2 atom stereocenters. The molecule has 2 unspecified atom stereocenters. The number of hydrogen-bond acceptors (Lipinski definition) is 2. The van der Waals surface area contributed by atoms with Gasteiger partial charge < -0.3 is 5.73 Å². The molecule has 2 N–H and O–H groups in total. The van der Waals surface area contributed by atoms with Gasteiger partial charge in [0.25, 0.3) is 0 Å². The van der Waals surface area contributed by atoms with E-state index >= 15 is 0 Å². The monoisotopic (exact) mass is 229 g/mol. The first-order valence-electron chi connectivity index (χ1n) is 6.49. The van der Waals surface area contributed by atoms with Crippen LogP contribution in [0.4, 0.5) is 0 Å². The standard InChI is InChI=1S/C13H27NS/c1-10-4-8-13(9-5-10)15-12(3)7-6-11(2)14/h10-13H,4-9,14H2,1-3H3. The fourth-order valence-electron chi connectivity index (χ4n) is 2.26. The summed E-state index contributed by atoms with van der Waals surface area (Å²) in [7, 11) is 0. The van der Waals surface area contributed by atoms with Crippen LogP contribution in [0.5, 0.6) is 0 Å². The number of thioether (sulfide) groups is 1. The van der Waals surface area contributed by atoms with Crippen molar-refractivity contribution in [2.24, 2.45) is 11.7 Å². The summed E-state index contributed by atoms with van der Waals surface area (Å²) in [6.07, 6.45) is 8.23. The number of rotatable bonds is 5. The molecule has 1 rings (SSSR count). The van der Waals surface area contributed by atoms with Crippen LogP contribution in [0.25, 0.3) is 0 Å². The minimum atomic E-state index is 0.374. The smallest absolute Gasteiger partial charge is 0.00499 e. The molecule has 1 aliphatic rings. The van der Waals surface area contributed by atoms with Crippen molar-refractivity contribution >= 4 is 11.8 Å². The summed E-state index contributed by atoms with van der Waals surface area (Å²) in [6, 6.07) is 0.374. The van der Waals surface area contributed by atoms with Gasteiger partial charge in [-0.05, 0) is 51.4 Å². The molecule has 1 nitrogen and oxygen atoms in total. The van der Waals surface area contributed by atoms with Gasteiger partial charge in [-0.3, -0.25) is 0 Å². The normalized spacial score (nSPS) is 31.2. The van der Waals surface area contributed by atoms with Crippen LogP contribution in [-0.2, 0) is 0 Å². The Morgan fingerprint density at radius 2 is 1.73 bits per heavy atom. The van der Waals surface area contributed by atoms with Crippen LogP contribution < -0.4 is 5.73 Å². The Labute approximate surface area is 99.6 Å². The highest BCUT2D eigenvalue weighted by atomic mass is 32.2. The second kappa shape index (κ2) is 6.80. The molecule has 0 amide bonds.